The van der Waals surface area contributed by atoms with Gasteiger partial charge in [0.1, 0.15) is 19.3 Å². The van der Waals surface area contributed by atoms with Gasteiger partial charge in [-0.3, -0.25) is 4.79 Å². The number of likely N-dealkylation sites (tertiary alicyclic amines) is 1. The van der Waals surface area contributed by atoms with Crippen molar-refractivity contribution in [3.63, 3.8) is 0 Å². The van der Waals surface area contributed by atoms with Crippen molar-refractivity contribution >= 4 is 5.91 Å². The quantitative estimate of drug-likeness (QED) is 0.814. The van der Waals surface area contributed by atoms with Gasteiger partial charge in [-0.05, 0) is 31.4 Å². The van der Waals surface area contributed by atoms with E-state index in [1.165, 1.54) is 0 Å². The van der Waals surface area contributed by atoms with Crippen LogP contribution in [-0.2, 0) is 9.53 Å². The van der Waals surface area contributed by atoms with Crippen LogP contribution >= 0.6 is 0 Å². The molecule has 27 heavy (non-hydrogen) atoms. The zero-order valence-electron chi connectivity index (χ0n) is 15.7. The molecule has 0 bridgehead atoms. The predicted octanol–water partition coefficient (Wildman–Crippen LogP) is 0.947. The van der Waals surface area contributed by atoms with Gasteiger partial charge in [0.05, 0.1) is 11.6 Å². The van der Waals surface area contributed by atoms with Crippen molar-refractivity contribution in [1.29, 1.82) is 0 Å². The SMILES string of the molecule is CCC1NC(=O)COC12CCN(CC(O)C1COc3ccccc3O1)CC2. The molecule has 3 atom stereocenters. The molecule has 3 aliphatic rings. The molecule has 1 spiro atoms. The third kappa shape index (κ3) is 3.77. The van der Waals surface area contributed by atoms with Gasteiger partial charge in [0, 0.05) is 19.6 Å². The highest BCUT2D eigenvalue weighted by molar-refractivity contribution is 5.78. The molecule has 148 valence electrons. The lowest BCUT2D eigenvalue weighted by Gasteiger charge is -2.48. The molecule has 3 heterocycles. The van der Waals surface area contributed by atoms with Crippen molar-refractivity contribution in [2.24, 2.45) is 0 Å². The van der Waals surface area contributed by atoms with E-state index < -0.39 is 6.10 Å². The lowest BCUT2D eigenvalue weighted by atomic mass is 9.81. The second kappa shape index (κ2) is 7.66. The van der Waals surface area contributed by atoms with Crippen LogP contribution in [0.4, 0.5) is 0 Å². The maximum atomic E-state index is 11.6. The fraction of sp³-hybridized carbons (Fsp3) is 0.650. The van der Waals surface area contributed by atoms with Gasteiger partial charge in [-0.2, -0.15) is 0 Å². The lowest BCUT2D eigenvalue weighted by molar-refractivity contribution is -0.162. The molecular weight excluding hydrogens is 348 g/mol. The highest BCUT2D eigenvalue weighted by Gasteiger charge is 2.45. The number of nitrogens with zero attached hydrogens (tertiary/aromatic N) is 1. The van der Waals surface area contributed by atoms with E-state index >= 15 is 0 Å². The topological polar surface area (TPSA) is 80.3 Å². The van der Waals surface area contributed by atoms with Crippen molar-refractivity contribution in [1.82, 2.24) is 10.2 Å². The highest BCUT2D eigenvalue weighted by Crippen LogP contribution is 2.34. The second-order valence-corrected chi connectivity index (χ2v) is 7.66. The summed E-state index contributed by atoms with van der Waals surface area (Å²) in [5.41, 5.74) is -0.270. The van der Waals surface area contributed by atoms with Crippen molar-refractivity contribution in [3.8, 4) is 11.5 Å². The molecule has 7 nitrogen and oxygen atoms in total. The first kappa shape index (κ1) is 18.5. The summed E-state index contributed by atoms with van der Waals surface area (Å²) < 4.78 is 17.6. The normalized spacial score (nSPS) is 28.6. The van der Waals surface area contributed by atoms with Crippen molar-refractivity contribution in [2.45, 2.75) is 50.0 Å². The number of benzene rings is 1. The molecule has 3 unspecified atom stereocenters. The predicted molar refractivity (Wildman–Crippen MR) is 98.9 cm³/mol. The van der Waals surface area contributed by atoms with E-state index in [1.807, 2.05) is 24.3 Å². The van der Waals surface area contributed by atoms with Crippen LogP contribution in [0, 0.1) is 0 Å². The van der Waals surface area contributed by atoms with Gasteiger partial charge in [-0.15, -0.1) is 0 Å². The molecule has 7 heteroatoms. The Morgan fingerprint density at radius 3 is 2.78 bits per heavy atom. The summed E-state index contributed by atoms with van der Waals surface area (Å²) in [5.74, 6) is 1.38. The van der Waals surface area contributed by atoms with Crippen LogP contribution in [0.5, 0.6) is 11.5 Å². The van der Waals surface area contributed by atoms with E-state index in [2.05, 4.69) is 17.1 Å². The highest BCUT2D eigenvalue weighted by atomic mass is 16.6. The van der Waals surface area contributed by atoms with Gasteiger partial charge < -0.3 is 29.5 Å². The summed E-state index contributed by atoms with van der Waals surface area (Å²) in [6.45, 7) is 4.77. The first-order valence-corrected chi connectivity index (χ1v) is 9.82. The summed E-state index contributed by atoms with van der Waals surface area (Å²) in [4.78, 5) is 13.9. The number of carbonyl (C=O) groups is 1. The monoisotopic (exact) mass is 376 g/mol. The zero-order chi connectivity index (χ0) is 18.9. The Kier molecular flexibility index (Phi) is 5.25. The number of hydrogen-bond donors (Lipinski definition) is 2. The summed E-state index contributed by atoms with van der Waals surface area (Å²) in [6, 6.07) is 7.60. The van der Waals surface area contributed by atoms with Crippen LogP contribution in [0.25, 0.3) is 0 Å². The Morgan fingerprint density at radius 1 is 1.30 bits per heavy atom. The maximum Gasteiger partial charge on any atom is 0.246 e. The van der Waals surface area contributed by atoms with Crippen LogP contribution in [0.15, 0.2) is 24.3 Å². The fourth-order valence-electron chi connectivity index (χ4n) is 4.37. The minimum atomic E-state index is -0.624. The Labute approximate surface area is 159 Å². The number of piperidine rings is 1. The van der Waals surface area contributed by atoms with Crippen LogP contribution in [0.2, 0.25) is 0 Å². The van der Waals surface area contributed by atoms with Gasteiger partial charge in [0.15, 0.2) is 17.6 Å². The largest absolute Gasteiger partial charge is 0.486 e. The summed E-state index contributed by atoms with van der Waals surface area (Å²) in [5, 5.41) is 13.7. The second-order valence-electron chi connectivity index (χ2n) is 7.66. The van der Waals surface area contributed by atoms with Crippen molar-refractivity contribution in [2.75, 3.05) is 32.8 Å². The number of morpholine rings is 1. The van der Waals surface area contributed by atoms with Crippen LogP contribution in [0.3, 0.4) is 0 Å². The van der Waals surface area contributed by atoms with E-state index in [4.69, 9.17) is 14.2 Å². The van der Waals surface area contributed by atoms with Gasteiger partial charge in [0.25, 0.3) is 0 Å². The molecule has 1 aromatic rings. The zero-order valence-corrected chi connectivity index (χ0v) is 15.7. The maximum absolute atomic E-state index is 11.6. The number of ether oxygens (including phenoxy) is 3. The molecule has 3 aliphatic heterocycles. The summed E-state index contributed by atoms with van der Waals surface area (Å²) >= 11 is 0. The average molecular weight is 376 g/mol. The molecule has 4 rings (SSSR count). The number of aliphatic hydroxyl groups is 1. The molecule has 0 aromatic heterocycles. The molecule has 2 N–H and O–H groups in total. The standard InChI is InChI=1S/C20H28N2O5/c1-2-18-20(26-13-19(24)21-18)7-9-22(10-8-20)11-14(23)17-12-25-15-5-3-4-6-16(15)27-17/h3-6,14,17-18,23H,2,7-13H2,1H3,(H,21,24). The third-order valence-corrected chi connectivity index (χ3v) is 5.98. The number of nitrogens with one attached hydrogen (secondary N) is 1. The molecule has 2 saturated heterocycles. The average Bonchev–Trinajstić information content (AvgIpc) is 2.71. The molecule has 0 saturated carbocycles. The number of β-amino-alcohol motifs (C(OH)–C–C–N with tert-alkyl or cyclic N) is 1. The van der Waals surface area contributed by atoms with Gasteiger partial charge >= 0.3 is 0 Å². The van der Waals surface area contributed by atoms with Gasteiger partial charge in [-0.25, -0.2) is 0 Å². The van der Waals surface area contributed by atoms with E-state index in [0.29, 0.717) is 18.9 Å². The minimum Gasteiger partial charge on any atom is -0.486 e. The molecule has 1 aromatic carbocycles. The minimum absolute atomic E-state index is 0.0277. The molecule has 0 aliphatic carbocycles. The van der Waals surface area contributed by atoms with E-state index in [0.717, 1.165) is 38.1 Å². The van der Waals surface area contributed by atoms with E-state index in [-0.39, 0.29) is 30.3 Å². The Hall–Kier alpha value is -1.83. The Balaban J connectivity index is 1.31. The van der Waals surface area contributed by atoms with Crippen molar-refractivity contribution in [3.05, 3.63) is 24.3 Å². The first-order chi connectivity index (χ1) is 13.1. The van der Waals surface area contributed by atoms with E-state index in [1.54, 1.807) is 0 Å². The van der Waals surface area contributed by atoms with Gasteiger partial charge in [-0.1, -0.05) is 19.1 Å². The van der Waals surface area contributed by atoms with Crippen LogP contribution in [-0.4, -0.2) is 72.6 Å². The Morgan fingerprint density at radius 2 is 2.04 bits per heavy atom. The summed E-state index contributed by atoms with van der Waals surface area (Å²) in [7, 11) is 0. The smallest absolute Gasteiger partial charge is 0.246 e. The number of rotatable bonds is 4. The van der Waals surface area contributed by atoms with Gasteiger partial charge in [0.2, 0.25) is 5.91 Å². The van der Waals surface area contributed by atoms with E-state index in [9.17, 15) is 9.90 Å². The third-order valence-electron chi connectivity index (χ3n) is 5.98. The molecule has 2 fully saturated rings. The molecular formula is C20H28N2O5. The number of para-hydroxylation sites is 2. The molecule has 0 radical (unpaired) electrons. The van der Waals surface area contributed by atoms with Crippen molar-refractivity contribution < 1.29 is 24.1 Å². The molecule has 1 amide bonds. The number of carbonyl (C=O) groups excluding carboxylic acids is 1. The van der Waals surface area contributed by atoms with Crippen LogP contribution in [0.1, 0.15) is 26.2 Å². The number of aliphatic hydroxyl groups excluding tert-OH is 1. The van der Waals surface area contributed by atoms with Crippen LogP contribution < -0.4 is 14.8 Å². The lowest BCUT2D eigenvalue weighted by Crippen LogP contribution is -2.64. The first-order valence-electron chi connectivity index (χ1n) is 9.82. The Bertz CT molecular complexity index is 674. The number of amides is 1. The fourth-order valence-corrected chi connectivity index (χ4v) is 4.37. The number of hydrogen-bond acceptors (Lipinski definition) is 6. The summed E-state index contributed by atoms with van der Waals surface area (Å²) in [6.07, 6.45) is 1.57. The number of fused-ring (bicyclic) bond motifs is 1.